The van der Waals surface area contributed by atoms with E-state index in [1.165, 1.54) is 44.9 Å². The maximum absolute atomic E-state index is 8.84. The fourth-order valence-corrected chi connectivity index (χ4v) is 2.89. The molecule has 0 bridgehead atoms. The van der Waals surface area contributed by atoms with Gasteiger partial charge in [-0.05, 0) is 18.4 Å². The lowest BCUT2D eigenvalue weighted by Gasteiger charge is -2.21. The van der Waals surface area contributed by atoms with E-state index in [1.54, 1.807) is 0 Å². The van der Waals surface area contributed by atoms with Gasteiger partial charge in [-0.2, -0.15) is 0 Å². The Morgan fingerprint density at radius 1 is 1.15 bits per heavy atom. The molecule has 1 fully saturated rings. The number of nitrogens with zero attached hydrogens (tertiary/aromatic N) is 1. The van der Waals surface area contributed by atoms with E-state index in [9.17, 15) is 0 Å². The fourth-order valence-electron chi connectivity index (χ4n) is 2.89. The van der Waals surface area contributed by atoms with E-state index in [0.29, 0.717) is 6.04 Å². The molecule has 0 saturated heterocycles. The molecule has 4 heteroatoms. The van der Waals surface area contributed by atoms with Gasteiger partial charge in [0.05, 0.1) is 0 Å². The summed E-state index contributed by atoms with van der Waals surface area (Å²) >= 11 is 0. The van der Waals surface area contributed by atoms with Crippen LogP contribution in [0.3, 0.4) is 0 Å². The van der Waals surface area contributed by atoms with Gasteiger partial charge in [0.15, 0.2) is 5.84 Å². The van der Waals surface area contributed by atoms with Gasteiger partial charge in [-0.1, -0.05) is 61.5 Å². The minimum Gasteiger partial charge on any atom is -0.409 e. The van der Waals surface area contributed by atoms with Crippen LogP contribution in [0.2, 0.25) is 0 Å². The van der Waals surface area contributed by atoms with Crippen LogP contribution in [0.15, 0.2) is 29.4 Å². The molecule has 0 radical (unpaired) electrons. The number of nitrogens with two attached hydrogens (primary N) is 1. The van der Waals surface area contributed by atoms with Gasteiger partial charge in [0.25, 0.3) is 0 Å². The summed E-state index contributed by atoms with van der Waals surface area (Å²) in [5.74, 6) is 0.181. The summed E-state index contributed by atoms with van der Waals surface area (Å²) in [7, 11) is 0. The molecular formula is C16H25N3O. The second kappa shape index (κ2) is 7.90. The highest BCUT2D eigenvalue weighted by Crippen LogP contribution is 2.18. The van der Waals surface area contributed by atoms with Crippen LogP contribution in [0.1, 0.15) is 56.1 Å². The maximum atomic E-state index is 8.84. The van der Waals surface area contributed by atoms with Crippen LogP contribution < -0.4 is 11.1 Å². The molecule has 1 aliphatic rings. The predicted octanol–water partition coefficient (Wildman–Crippen LogP) is 2.98. The molecule has 1 aliphatic carbocycles. The Morgan fingerprint density at radius 3 is 2.50 bits per heavy atom. The first kappa shape index (κ1) is 14.9. The van der Waals surface area contributed by atoms with E-state index in [2.05, 4.69) is 10.5 Å². The largest absolute Gasteiger partial charge is 0.409 e. The number of nitrogens with one attached hydrogen (secondary N) is 1. The Balaban J connectivity index is 1.96. The van der Waals surface area contributed by atoms with Gasteiger partial charge in [-0.25, -0.2) is 0 Å². The van der Waals surface area contributed by atoms with E-state index in [1.807, 2.05) is 24.3 Å². The van der Waals surface area contributed by atoms with Crippen LogP contribution >= 0.6 is 0 Å². The van der Waals surface area contributed by atoms with E-state index >= 15 is 0 Å². The summed E-state index contributed by atoms with van der Waals surface area (Å²) in [6.07, 6.45) is 9.26. The SMILES string of the molecule is NC(=NO)c1ccccc1CNC1CCCCCCC1. The lowest BCUT2D eigenvalue weighted by Crippen LogP contribution is -2.30. The highest BCUT2D eigenvalue weighted by Gasteiger charge is 2.12. The standard InChI is InChI=1S/C16H25N3O/c17-16(19-20)15-11-7-6-8-13(15)12-18-14-9-4-2-1-3-5-10-14/h6-8,11,14,18,20H,1-5,9-10,12H2,(H2,17,19). The molecule has 110 valence electrons. The quantitative estimate of drug-likeness (QED) is 0.342. The number of oxime groups is 1. The fraction of sp³-hybridized carbons (Fsp3) is 0.562. The highest BCUT2D eigenvalue weighted by molar-refractivity contribution is 5.98. The number of hydrogen-bond acceptors (Lipinski definition) is 3. The van der Waals surface area contributed by atoms with Crippen molar-refractivity contribution in [3.05, 3.63) is 35.4 Å². The van der Waals surface area contributed by atoms with Gasteiger partial charge < -0.3 is 16.3 Å². The summed E-state index contributed by atoms with van der Waals surface area (Å²) in [6.45, 7) is 0.775. The molecule has 0 spiro atoms. The molecule has 4 N–H and O–H groups in total. The van der Waals surface area contributed by atoms with Crippen LogP contribution in [0.5, 0.6) is 0 Å². The third kappa shape index (κ3) is 4.23. The predicted molar refractivity (Wildman–Crippen MR) is 81.9 cm³/mol. The second-order valence-electron chi connectivity index (χ2n) is 5.57. The van der Waals surface area contributed by atoms with Crippen LogP contribution in [-0.4, -0.2) is 17.1 Å². The topological polar surface area (TPSA) is 70.6 Å². The Hall–Kier alpha value is -1.55. The van der Waals surface area contributed by atoms with Gasteiger partial charge in [0, 0.05) is 18.2 Å². The molecule has 20 heavy (non-hydrogen) atoms. The lowest BCUT2D eigenvalue weighted by atomic mass is 9.96. The van der Waals surface area contributed by atoms with Crippen molar-refractivity contribution in [1.82, 2.24) is 5.32 Å². The molecule has 1 aromatic carbocycles. The first-order chi connectivity index (χ1) is 9.81. The molecule has 0 atom stereocenters. The molecule has 0 amide bonds. The summed E-state index contributed by atoms with van der Waals surface area (Å²) < 4.78 is 0. The van der Waals surface area contributed by atoms with Crippen molar-refractivity contribution in [2.45, 2.75) is 57.5 Å². The third-order valence-corrected chi connectivity index (χ3v) is 4.09. The van der Waals surface area contributed by atoms with E-state index in [-0.39, 0.29) is 5.84 Å². The zero-order valence-corrected chi connectivity index (χ0v) is 12.0. The van der Waals surface area contributed by atoms with E-state index in [4.69, 9.17) is 10.9 Å². The van der Waals surface area contributed by atoms with Crippen LogP contribution in [0.4, 0.5) is 0 Å². The van der Waals surface area contributed by atoms with Gasteiger partial charge in [-0.3, -0.25) is 0 Å². The molecule has 1 saturated carbocycles. The summed E-state index contributed by atoms with van der Waals surface area (Å²) in [5, 5.41) is 15.6. The average Bonchev–Trinajstić information content (AvgIpc) is 2.45. The minimum absolute atomic E-state index is 0.181. The molecular weight excluding hydrogens is 250 g/mol. The number of benzene rings is 1. The molecule has 1 aromatic rings. The number of amidine groups is 1. The van der Waals surface area contributed by atoms with Gasteiger partial charge in [0.2, 0.25) is 0 Å². The summed E-state index contributed by atoms with van der Waals surface area (Å²) in [5.41, 5.74) is 7.62. The first-order valence-corrected chi connectivity index (χ1v) is 7.60. The van der Waals surface area contributed by atoms with Crippen molar-refractivity contribution < 1.29 is 5.21 Å². The van der Waals surface area contributed by atoms with Crippen LogP contribution in [0, 0.1) is 0 Å². The van der Waals surface area contributed by atoms with E-state index < -0.39 is 0 Å². The summed E-state index contributed by atoms with van der Waals surface area (Å²) in [6, 6.07) is 8.42. The molecule has 2 rings (SSSR count). The third-order valence-electron chi connectivity index (χ3n) is 4.09. The van der Waals surface area contributed by atoms with Crippen molar-refractivity contribution in [1.29, 1.82) is 0 Å². The molecule has 0 unspecified atom stereocenters. The lowest BCUT2D eigenvalue weighted by molar-refractivity contribution is 0.318. The smallest absolute Gasteiger partial charge is 0.170 e. The van der Waals surface area contributed by atoms with Crippen LogP contribution in [-0.2, 0) is 6.54 Å². The zero-order valence-electron chi connectivity index (χ0n) is 12.0. The molecule has 4 nitrogen and oxygen atoms in total. The van der Waals surface area contributed by atoms with Gasteiger partial charge in [0.1, 0.15) is 0 Å². The summed E-state index contributed by atoms with van der Waals surface area (Å²) in [4.78, 5) is 0. The Kier molecular flexibility index (Phi) is 5.87. The number of hydrogen-bond donors (Lipinski definition) is 3. The number of rotatable bonds is 4. The maximum Gasteiger partial charge on any atom is 0.170 e. The van der Waals surface area contributed by atoms with Crippen molar-refractivity contribution in [3.8, 4) is 0 Å². The van der Waals surface area contributed by atoms with E-state index in [0.717, 1.165) is 17.7 Å². The minimum atomic E-state index is 0.181. The van der Waals surface area contributed by atoms with Crippen LogP contribution in [0.25, 0.3) is 0 Å². The van der Waals surface area contributed by atoms with Crippen molar-refractivity contribution >= 4 is 5.84 Å². The Labute approximate surface area is 121 Å². The highest BCUT2D eigenvalue weighted by atomic mass is 16.4. The Morgan fingerprint density at radius 2 is 1.80 bits per heavy atom. The van der Waals surface area contributed by atoms with Crippen molar-refractivity contribution in [2.75, 3.05) is 0 Å². The molecule has 0 aromatic heterocycles. The van der Waals surface area contributed by atoms with Gasteiger partial charge >= 0.3 is 0 Å². The first-order valence-electron chi connectivity index (χ1n) is 7.60. The van der Waals surface area contributed by atoms with Gasteiger partial charge in [-0.15, -0.1) is 0 Å². The van der Waals surface area contributed by atoms with Crippen molar-refractivity contribution in [3.63, 3.8) is 0 Å². The van der Waals surface area contributed by atoms with Crippen molar-refractivity contribution in [2.24, 2.45) is 10.9 Å². The molecule has 0 aliphatic heterocycles. The molecule has 0 heterocycles. The zero-order chi connectivity index (χ0) is 14.2. The normalized spacial score (nSPS) is 18.5. The average molecular weight is 275 g/mol. The Bertz CT molecular complexity index is 437. The second-order valence-corrected chi connectivity index (χ2v) is 5.57. The monoisotopic (exact) mass is 275 g/mol.